The van der Waals surface area contributed by atoms with Gasteiger partial charge in [-0.25, -0.2) is 0 Å². The molecule has 10 rings (SSSR count). The molecular formula is C46H28O. The van der Waals surface area contributed by atoms with Gasteiger partial charge in [0.15, 0.2) is 0 Å². The first-order valence-corrected chi connectivity index (χ1v) is 16.2. The fourth-order valence-electron chi connectivity index (χ4n) is 7.87. The Balaban J connectivity index is 1.32. The molecule has 0 N–H and O–H groups in total. The lowest BCUT2D eigenvalue weighted by Gasteiger charge is -2.19. The smallest absolute Gasteiger partial charge is 0.143 e. The largest absolute Gasteiger partial charge is 0.455 e. The summed E-state index contributed by atoms with van der Waals surface area (Å²) in [5.74, 6) is 0. The number of fused-ring (bicyclic) bond motifs is 8. The van der Waals surface area contributed by atoms with Gasteiger partial charge in [-0.15, -0.1) is 0 Å². The SMILES string of the molecule is c1ccc(-c2cccc3c(-c4c5ccccc5c(-c5cccc6oc7c8ccccc8ccc7c56)c5ccccc45)cccc23)cc1. The molecule has 0 unspecified atom stereocenters. The highest BCUT2D eigenvalue weighted by Gasteiger charge is 2.21. The molecule has 0 fully saturated rings. The molecule has 1 heteroatoms. The second-order valence-corrected chi connectivity index (χ2v) is 12.4. The molecule has 1 heterocycles. The second kappa shape index (κ2) is 10.2. The maximum absolute atomic E-state index is 6.64. The van der Waals surface area contributed by atoms with E-state index in [1.54, 1.807) is 0 Å². The van der Waals surface area contributed by atoms with Crippen LogP contribution in [0.15, 0.2) is 174 Å². The summed E-state index contributed by atoms with van der Waals surface area (Å²) in [5.41, 5.74) is 9.29. The third-order valence-corrected chi connectivity index (χ3v) is 9.86. The van der Waals surface area contributed by atoms with E-state index in [-0.39, 0.29) is 0 Å². The van der Waals surface area contributed by atoms with Gasteiger partial charge in [0.25, 0.3) is 0 Å². The lowest BCUT2D eigenvalue weighted by atomic mass is 9.83. The minimum Gasteiger partial charge on any atom is -0.455 e. The van der Waals surface area contributed by atoms with E-state index in [1.807, 2.05) is 0 Å². The average molecular weight is 597 g/mol. The van der Waals surface area contributed by atoms with Crippen LogP contribution < -0.4 is 0 Å². The number of rotatable bonds is 3. The lowest BCUT2D eigenvalue weighted by Crippen LogP contribution is -1.92. The van der Waals surface area contributed by atoms with Crippen molar-refractivity contribution in [1.82, 2.24) is 0 Å². The first-order valence-electron chi connectivity index (χ1n) is 16.2. The maximum Gasteiger partial charge on any atom is 0.143 e. The van der Waals surface area contributed by atoms with Gasteiger partial charge in [-0.3, -0.25) is 0 Å². The van der Waals surface area contributed by atoms with Gasteiger partial charge in [0, 0.05) is 16.2 Å². The molecule has 0 saturated heterocycles. The lowest BCUT2D eigenvalue weighted by molar-refractivity contribution is 0.673. The van der Waals surface area contributed by atoms with Crippen molar-refractivity contribution in [1.29, 1.82) is 0 Å². The van der Waals surface area contributed by atoms with Crippen molar-refractivity contribution in [3.8, 4) is 33.4 Å². The molecule has 9 aromatic carbocycles. The number of furan rings is 1. The van der Waals surface area contributed by atoms with Gasteiger partial charge in [-0.1, -0.05) is 158 Å². The van der Waals surface area contributed by atoms with E-state index in [2.05, 4.69) is 170 Å². The Morgan fingerprint density at radius 3 is 1.51 bits per heavy atom. The van der Waals surface area contributed by atoms with Gasteiger partial charge in [-0.05, 0) is 83.2 Å². The standard InChI is InChI=1S/C46H28O/c1-2-13-29(14-3-1)31-21-10-23-34-33(31)22-11-24-35(34)43-36-17-6-8-19-38(36)44(39-20-9-7-18-37(39)43)40-25-12-26-42-45(40)41-28-27-30-15-4-5-16-32(30)46(41)47-42/h1-28H. The summed E-state index contributed by atoms with van der Waals surface area (Å²) in [6, 6.07) is 61.5. The van der Waals surface area contributed by atoms with Crippen LogP contribution >= 0.6 is 0 Å². The highest BCUT2D eigenvalue weighted by molar-refractivity contribution is 6.28. The van der Waals surface area contributed by atoms with Crippen molar-refractivity contribution in [2.24, 2.45) is 0 Å². The van der Waals surface area contributed by atoms with Crippen LogP contribution in [0, 0.1) is 0 Å². The zero-order valence-electron chi connectivity index (χ0n) is 25.6. The van der Waals surface area contributed by atoms with Crippen LogP contribution in [0.4, 0.5) is 0 Å². The molecule has 0 aliphatic rings. The predicted molar refractivity (Wildman–Crippen MR) is 200 cm³/mol. The van der Waals surface area contributed by atoms with Crippen LogP contribution in [-0.2, 0) is 0 Å². The van der Waals surface area contributed by atoms with Crippen molar-refractivity contribution in [3.63, 3.8) is 0 Å². The molecule has 1 nitrogen and oxygen atoms in total. The van der Waals surface area contributed by atoms with Crippen LogP contribution in [0.5, 0.6) is 0 Å². The molecule has 0 radical (unpaired) electrons. The predicted octanol–water partition coefficient (Wildman–Crippen LogP) is 13.2. The average Bonchev–Trinajstić information content (AvgIpc) is 3.54. The van der Waals surface area contributed by atoms with Gasteiger partial charge in [0.2, 0.25) is 0 Å². The summed E-state index contributed by atoms with van der Waals surface area (Å²) in [6.45, 7) is 0. The molecule has 0 amide bonds. The van der Waals surface area contributed by atoms with Crippen LogP contribution in [-0.4, -0.2) is 0 Å². The molecule has 10 aromatic rings. The molecule has 0 spiro atoms. The summed E-state index contributed by atoms with van der Waals surface area (Å²) in [6.07, 6.45) is 0. The Hall–Kier alpha value is -6.18. The number of benzene rings is 9. The highest BCUT2D eigenvalue weighted by Crippen LogP contribution is 2.48. The summed E-state index contributed by atoms with van der Waals surface area (Å²) in [7, 11) is 0. The van der Waals surface area contributed by atoms with Gasteiger partial charge in [-0.2, -0.15) is 0 Å². The maximum atomic E-state index is 6.64. The van der Waals surface area contributed by atoms with Crippen molar-refractivity contribution in [3.05, 3.63) is 170 Å². The van der Waals surface area contributed by atoms with E-state index in [0.29, 0.717) is 0 Å². The summed E-state index contributed by atoms with van der Waals surface area (Å²) in [4.78, 5) is 0. The zero-order chi connectivity index (χ0) is 30.9. The monoisotopic (exact) mass is 596 g/mol. The number of hydrogen-bond acceptors (Lipinski definition) is 1. The van der Waals surface area contributed by atoms with E-state index in [0.717, 1.165) is 27.3 Å². The van der Waals surface area contributed by atoms with Gasteiger partial charge in [0.05, 0.1) is 0 Å². The molecule has 0 aliphatic carbocycles. The topological polar surface area (TPSA) is 13.1 Å². The van der Waals surface area contributed by atoms with E-state index >= 15 is 0 Å². The molecule has 0 bridgehead atoms. The van der Waals surface area contributed by atoms with Crippen LogP contribution in [0.25, 0.3) is 98.4 Å². The molecule has 47 heavy (non-hydrogen) atoms. The third-order valence-electron chi connectivity index (χ3n) is 9.86. The fraction of sp³-hybridized carbons (Fsp3) is 0. The van der Waals surface area contributed by atoms with Crippen LogP contribution in [0.3, 0.4) is 0 Å². The highest BCUT2D eigenvalue weighted by atomic mass is 16.3. The number of hydrogen-bond donors (Lipinski definition) is 0. The van der Waals surface area contributed by atoms with E-state index in [9.17, 15) is 0 Å². The molecule has 0 saturated carbocycles. The second-order valence-electron chi connectivity index (χ2n) is 12.4. The Morgan fingerprint density at radius 2 is 0.809 bits per heavy atom. The summed E-state index contributed by atoms with van der Waals surface area (Å²) < 4.78 is 6.64. The molecule has 218 valence electrons. The normalized spacial score (nSPS) is 11.8. The first-order chi connectivity index (χ1) is 23.3. The Kier molecular flexibility index (Phi) is 5.64. The molecule has 0 atom stereocenters. The Bertz CT molecular complexity index is 2780. The van der Waals surface area contributed by atoms with Crippen LogP contribution in [0.2, 0.25) is 0 Å². The minimum absolute atomic E-state index is 0.911. The molecule has 0 aliphatic heterocycles. The molecule has 1 aromatic heterocycles. The van der Waals surface area contributed by atoms with E-state index in [4.69, 9.17) is 4.42 Å². The van der Waals surface area contributed by atoms with E-state index < -0.39 is 0 Å². The van der Waals surface area contributed by atoms with Gasteiger partial charge < -0.3 is 4.42 Å². The fourth-order valence-corrected chi connectivity index (χ4v) is 7.87. The van der Waals surface area contributed by atoms with Crippen LogP contribution in [0.1, 0.15) is 0 Å². The first kappa shape index (κ1) is 26.1. The van der Waals surface area contributed by atoms with E-state index in [1.165, 1.54) is 71.1 Å². The Labute approximate surface area is 271 Å². The van der Waals surface area contributed by atoms with Crippen molar-refractivity contribution in [2.45, 2.75) is 0 Å². The quantitative estimate of drug-likeness (QED) is 0.185. The molecular weight excluding hydrogens is 569 g/mol. The van der Waals surface area contributed by atoms with Gasteiger partial charge in [0.1, 0.15) is 11.2 Å². The van der Waals surface area contributed by atoms with Crippen molar-refractivity contribution in [2.75, 3.05) is 0 Å². The van der Waals surface area contributed by atoms with Gasteiger partial charge >= 0.3 is 0 Å². The minimum atomic E-state index is 0.911. The Morgan fingerprint density at radius 1 is 0.298 bits per heavy atom. The zero-order valence-corrected chi connectivity index (χ0v) is 25.6. The summed E-state index contributed by atoms with van der Waals surface area (Å²) >= 11 is 0. The third kappa shape index (κ3) is 3.84. The van der Waals surface area contributed by atoms with Crippen molar-refractivity contribution >= 4 is 65.0 Å². The van der Waals surface area contributed by atoms with Crippen molar-refractivity contribution < 1.29 is 4.42 Å². The summed E-state index contributed by atoms with van der Waals surface area (Å²) in [5, 5.41) is 12.1.